The number of nitrogens with zero attached hydrogens (tertiary/aromatic N) is 6. The van der Waals surface area contributed by atoms with Crippen molar-refractivity contribution >= 4 is 17.6 Å². The number of carbonyl (C=O) groups is 2. The van der Waals surface area contributed by atoms with Gasteiger partial charge in [-0.25, -0.2) is 13.9 Å². The maximum atomic E-state index is 13.1. The van der Waals surface area contributed by atoms with Gasteiger partial charge in [0.15, 0.2) is 5.82 Å². The van der Waals surface area contributed by atoms with E-state index in [0.717, 1.165) is 17.7 Å². The van der Waals surface area contributed by atoms with Gasteiger partial charge in [0.2, 0.25) is 0 Å². The largest absolute Gasteiger partial charge is 0.332 e. The fraction of sp³-hybridized carbons (Fsp3) is 0.438. The quantitative estimate of drug-likeness (QED) is 0.747. The second-order valence-corrected chi connectivity index (χ2v) is 5.90. The number of aryl methyl sites for hydroxylation is 1. The predicted octanol–water partition coefficient (Wildman–Crippen LogP) is 1.97. The molecular weight excluding hydrogens is 327 g/mol. The Kier molecular flexibility index (Phi) is 4.73. The molecule has 3 rings (SSSR count). The van der Waals surface area contributed by atoms with Crippen molar-refractivity contribution < 1.29 is 14.0 Å². The van der Waals surface area contributed by atoms with E-state index in [9.17, 15) is 14.0 Å². The first kappa shape index (κ1) is 17.0. The molecule has 1 atom stereocenters. The molecule has 25 heavy (non-hydrogen) atoms. The van der Waals surface area contributed by atoms with Crippen molar-refractivity contribution in [3.8, 4) is 0 Å². The highest BCUT2D eigenvalue weighted by Gasteiger charge is 2.43. The molecule has 0 bridgehead atoms. The molecule has 0 saturated carbocycles. The van der Waals surface area contributed by atoms with E-state index in [1.807, 2.05) is 0 Å². The summed E-state index contributed by atoms with van der Waals surface area (Å²) in [5.41, 5.74) is 0.473. The Balaban J connectivity index is 1.81. The lowest BCUT2D eigenvalue weighted by Gasteiger charge is -2.19. The summed E-state index contributed by atoms with van der Waals surface area (Å²) in [6, 6.07) is 4.34. The second-order valence-electron chi connectivity index (χ2n) is 5.90. The molecule has 3 amide bonds. The number of hydrogen-bond acceptors (Lipinski definition) is 5. The Hall–Kier alpha value is -2.84. The fourth-order valence-electron chi connectivity index (χ4n) is 2.77. The van der Waals surface area contributed by atoms with Crippen molar-refractivity contribution in [2.45, 2.75) is 45.8 Å². The summed E-state index contributed by atoms with van der Waals surface area (Å²) in [7, 11) is 0. The van der Waals surface area contributed by atoms with E-state index in [1.165, 1.54) is 29.2 Å². The number of imide groups is 1. The Morgan fingerprint density at radius 3 is 2.60 bits per heavy atom. The minimum Gasteiger partial charge on any atom is -0.282 e. The maximum Gasteiger partial charge on any atom is 0.332 e. The van der Waals surface area contributed by atoms with Gasteiger partial charge >= 0.3 is 6.03 Å². The molecule has 8 nitrogen and oxygen atoms in total. The molecule has 1 saturated heterocycles. The first-order valence-electron chi connectivity index (χ1n) is 8.18. The van der Waals surface area contributed by atoms with Gasteiger partial charge in [0.25, 0.3) is 5.91 Å². The molecule has 0 radical (unpaired) electrons. The zero-order chi connectivity index (χ0) is 18.0. The summed E-state index contributed by atoms with van der Waals surface area (Å²) < 4.78 is 14.7. The van der Waals surface area contributed by atoms with E-state index in [1.54, 1.807) is 11.6 Å². The van der Waals surface area contributed by atoms with Gasteiger partial charge in [-0.3, -0.25) is 14.6 Å². The smallest absolute Gasteiger partial charge is 0.282 e. The standard InChI is InChI=1S/C16H19FN6O2/c1-3-4-9-22-14(18-19-20-22)10-21-15(24)11(2)23(16(21)25)13-7-5-12(17)6-8-13/h5-8,11H,3-4,9-10H2,1-2H3/t11-/m1/s1. The van der Waals surface area contributed by atoms with E-state index in [2.05, 4.69) is 22.4 Å². The minimum atomic E-state index is -0.669. The number of urea groups is 1. The van der Waals surface area contributed by atoms with Gasteiger partial charge in [0.05, 0.1) is 6.54 Å². The molecule has 1 aliphatic heterocycles. The van der Waals surface area contributed by atoms with E-state index >= 15 is 0 Å². The van der Waals surface area contributed by atoms with Crippen molar-refractivity contribution in [2.75, 3.05) is 4.90 Å². The topological polar surface area (TPSA) is 84.2 Å². The van der Waals surface area contributed by atoms with Crippen LogP contribution in [0.1, 0.15) is 32.5 Å². The highest BCUT2D eigenvalue weighted by atomic mass is 19.1. The highest BCUT2D eigenvalue weighted by Crippen LogP contribution is 2.26. The Labute approximate surface area is 144 Å². The lowest BCUT2D eigenvalue weighted by Crippen LogP contribution is -2.34. The summed E-state index contributed by atoms with van der Waals surface area (Å²) >= 11 is 0. The average molecular weight is 346 g/mol. The summed E-state index contributed by atoms with van der Waals surface area (Å²) in [5.74, 6) is -0.274. The van der Waals surface area contributed by atoms with Crippen LogP contribution >= 0.6 is 0 Å². The van der Waals surface area contributed by atoms with E-state index in [4.69, 9.17) is 0 Å². The lowest BCUT2D eigenvalue weighted by atomic mass is 10.2. The first-order valence-corrected chi connectivity index (χ1v) is 8.18. The summed E-state index contributed by atoms with van der Waals surface area (Å²) in [5, 5.41) is 11.5. The lowest BCUT2D eigenvalue weighted by molar-refractivity contribution is -0.127. The van der Waals surface area contributed by atoms with Crippen molar-refractivity contribution in [3.05, 3.63) is 35.9 Å². The van der Waals surface area contributed by atoms with Gasteiger partial charge in [0, 0.05) is 12.2 Å². The molecule has 1 fully saturated rings. The second kappa shape index (κ2) is 6.96. The third-order valence-electron chi connectivity index (χ3n) is 4.18. The molecule has 0 N–H and O–H groups in total. The minimum absolute atomic E-state index is 0.0103. The molecule has 0 spiro atoms. The number of carbonyl (C=O) groups excluding carboxylic acids is 2. The molecule has 9 heteroatoms. The van der Waals surface area contributed by atoms with Crippen LogP contribution in [0.4, 0.5) is 14.9 Å². The molecule has 2 aromatic rings. The third-order valence-corrected chi connectivity index (χ3v) is 4.18. The number of halogens is 1. The third kappa shape index (κ3) is 3.21. The van der Waals surface area contributed by atoms with Crippen molar-refractivity contribution in [3.63, 3.8) is 0 Å². The average Bonchev–Trinajstić information content (AvgIpc) is 3.13. The van der Waals surface area contributed by atoms with Crippen molar-refractivity contribution in [1.29, 1.82) is 0 Å². The number of amides is 3. The maximum absolute atomic E-state index is 13.1. The molecule has 1 aliphatic rings. The Bertz CT molecular complexity index is 775. The Morgan fingerprint density at radius 2 is 1.92 bits per heavy atom. The zero-order valence-electron chi connectivity index (χ0n) is 14.1. The van der Waals surface area contributed by atoms with E-state index in [0.29, 0.717) is 18.1 Å². The van der Waals surface area contributed by atoms with Crippen molar-refractivity contribution in [1.82, 2.24) is 25.1 Å². The van der Waals surface area contributed by atoms with Gasteiger partial charge in [-0.15, -0.1) is 5.10 Å². The van der Waals surface area contributed by atoms with Crippen LogP contribution in [0, 0.1) is 5.82 Å². The monoisotopic (exact) mass is 346 g/mol. The van der Waals surface area contributed by atoms with Gasteiger partial charge in [-0.1, -0.05) is 13.3 Å². The Morgan fingerprint density at radius 1 is 1.20 bits per heavy atom. The van der Waals surface area contributed by atoms with E-state index < -0.39 is 17.9 Å². The number of aromatic nitrogens is 4. The van der Waals surface area contributed by atoms with Crippen LogP contribution in [-0.4, -0.2) is 43.1 Å². The molecule has 0 unspecified atom stereocenters. The van der Waals surface area contributed by atoms with Crippen LogP contribution in [-0.2, 0) is 17.9 Å². The van der Waals surface area contributed by atoms with Crippen LogP contribution in [0.25, 0.3) is 0 Å². The molecular formula is C16H19FN6O2. The van der Waals surface area contributed by atoms with Crippen LogP contribution < -0.4 is 4.90 Å². The first-order chi connectivity index (χ1) is 12.0. The number of rotatable bonds is 6. The van der Waals surface area contributed by atoms with Crippen LogP contribution in [0.3, 0.4) is 0 Å². The van der Waals surface area contributed by atoms with Crippen LogP contribution in [0.5, 0.6) is 0 Å². The van der Waals surface area contributed by atoms with Gasteiger partial charge in [-0.2, -0.15) is 0 Å². The number of benzene rings is 1. The van der Waals surface area contributed by atoms with Gasteiger partial charge in [-0.05, 0) is 48.0 Å². The summed E-state index contributed by atoms with van der Waals surface area (Å²) in [6.07, 6.45) is 1.88. The zero-order valence-corrected chi connectivity index (χ0v) is 14.1. The number of tetrazole rings is 1. The number of anilines is 1. The van der Waals surface area contributed by atoms with Crippen LogP contribution in [0.2, 0.25) is 0 Å². The SMILES string of the molecule is CCCCn1nnnc1CN1C(=O)[C@@H](C)N(c2ccc(F)cc2)C1=O. The van der Waals surface area contributed by atoms with Crippen molar-refractivity contribution in [2.24, 2.45) is 0 Å². The molecule has 132 valence electrons. The normalized spacial score (nSPS) is 17.6. The van der Waals surface area contributed by atoms with Gasteiger partial charge in [0.1, 0.15) is 11.9 Å². The predicted molar refractivity (Wildman–Crippen MR) is 87.0 cm³/mol. The molecule has 1 aromatic carbocycles. The number of hydrogen-bond donors (Lipinski definition) is 0. The fourth-order valence-corrected chi connectivity index (χ4v) is 2.77. The summed E-state index contributed by atoms with van der Waals surface area (Å²) in [6.45, 7) is 4.34. The van der Waals surface area contributed by atoms with Gasteiger partial charge < -0.3 is 0 Å². The summed E-state index contributed by atoms with van der Waals surface area (Å²) in [4.78, 5) is 27.7. The highest BCUT2D eigenvalue weighted by molar-refractivity contribution is 6.13. The molecule has 1 aromatic heterocycles. The molecule has 0 aliphatic carbocycles. The van der Waals surface area contributed by atoms with Crippen LogP contribution in [0.15, 0.2) is 24.3 Å². The van der Waals surface area contributed by atoms with E-state index in [-0.39, 0.29) is 12.5 Å². The molecule has 2 heterocycles. The number of unbranched alkanes of at least 4 members (excludes halogenated alkanes) is 1.